The molecule has 148 valence electrons. The van der Waals surface area contributed by atoms with E-state index in [0.29, 0.717) is 28.9 Å². The molecule has 4 heterocycles. The van der Waals surface area contributed by atoms with Gasteiger partial charge in [-0.25, -0.2) is 4.98 Å². The number of carbonyl (C=O) groups is 2. The van der Waals surface area contributed by atoms with Gasteiger partial charge in [-0.2, -0.15) is 0 Å². The van der Waals surface area contributed by atoms with Gasteiger partial charge in [-0.15, -0.1) is 0 Å². The molecular weight excluding hydrogens is 356 g/mol. The zero-order valence-corrected chi connectivity index (χ0v) is 16.9. The fourth-order valence-corrected chi connectivity index (χ4v) is 6.24. The Morgan fingerprint density at radius 3 is 2.75 bits per heavy atom. The largest absolute Gasteiger partial charge is 0.336 e. The van der Waals surface area contributed by atoms with Crippen LogP contribution in [0.5, 0.6) is 0 Å². The Balaban J connectivity index is 1.60. The molecule has 4 atom stereocenters. The summed E-state index contributed by atoms with van der Waals surface area (Å²) in [4.78, 5) is 34.7. The van der Waals surface area contributed by atoms with Crippen LogP contribution in [0.15, 0.2) is 10.6 Å². The molecule has 2 aromatic rings. The Morgan fingerprint density at radius 2 is 2.00 bits per heavy atom. The van der Waals surface area contributed by atoms with Crippen LogP contribution < -0.4 is 0 Å². The van der Waals surface area contributed by atoms with Gasteiger partial charge in [0.1, 0.15) is 0 Å². The molecule has 7 heteroatoms. The zero-order chi connectivity index (χ0) is 19.8. The second-order valence-electron chi connectivity index (χ2n) is 8.97. The van der Waals surface area contributed by atoms with E-state index in [0.717, 1.165) is 31.4 Å². The van der Waals surface area contributed by atoms with E-state index in [2.05, 4.69) is 22.0 Å². The van der Waals surface area contributed by atoms with Gasteiger partial charge in [0.05, 0.1) is 22.7 Å². The smallest absolute Gasteiger partial charge is 0.258 e. The molecule has 1 aliphatic carbocycles. The van der Waals surface area contributed by atoms with Crippen molar-refractivity contribution in [2.75, 3.05) is 6.54 Å². The number of nitrogens with zero attached hydrogens (tertiary/aromatic N) is 4. The van der Waals surface area contributed by atoms with Gasteiger partial charge in [0.2, 0.25) is 5.91 Å². The summed E-state index contributed by atoms with van der Waals surface area (Å²) in [6, 6.07) is 2.34. The number of aromatic nitrogens is 2. The number of carbonyl (C=O) groups excluding carboxylic acids is 2. The van der Waals surface area contributed by atoms with Crippen LogP contribution in [0.4, 0.5) is 0 Å². The summed E-state index contributed by atoms with van der Waals surface area (Å²) in [5.41, 5.74) is 2.42. The summed E-state index contributed by atoms with van der Waals surface area (Å²) in [7, 11) is 0. The molecule has 0 N–H and O–H groups in total. The highest BCUT2D eigenvalue weighted by Gasteiger charge is 2.61. The van der Waals surface area contributed by atoms with Crippen molar-refractivity contribution in [2.45, 2.75) is 71.5 Å². The van der Waals surface area contributed by atoms with Crippen LogP contribution in [0.3, 0.4) is 0 Å². The summed E-state index contributed by atoms with van der Waals surface area (Å²) in [5, 5.41) is 4.72. The highest BCUT2D eigenvalue weighted by molar-refractivity contribution is 6.06. The monoisotopic (exact) mass is 382 g/mol. The molecule has 2 amide bonds. The Kier molecular flexibility index (Phi) is 3.64. The van der Waals surface area contributed by atoms with Gasteiger partial charge in [0.15, 0.2) is 0 Å². The molecule has 1 saturated carbocycles. The lowest BCUT2D eigenvalue weighted by Gasteiger charge is -2.50. The molecule has 2 aliphatic heterocycles. The lowest BCUT2D eigenvalue weighted by Crippen LogP contribution is -2.57. The van der Waals surface area contributed by atoms with Crippen LogP contribution in [-0.4, -0.2) is 56.4 Å². The number of hydrogen-bond acceptors (Lipinski definition) is 5. The van der Waals surface area contributed by atoms with Crippen molar-refractivity contribution in [1.82, 2.24) is 19.9 Å². The number of amides is 2. The molecule has 0 unspecified atom stereocenters. The number of hydrogen-bond donors (Lipinski definition) is 0. The summed E-state index contributed by atoms with van der Waals surface area (Å²) >= 11 is 0. The minimum atomic E-state index is -0.0343. The van der Waals surface area contributed by atoms with Gasteiger partial charge in [-0.1, -0.05) is 12.1 Å². The Hall–Kier alpha value is -2.44. The molecule has 2 bridgehead atoms. The zero-order valence-electron chi connectivity index (χ0n) is 16.9. The molecule has 5 rings (SSSR count). The maximum atomic E-state index is 13.8. The SMILES string of the molecule is CC(=O)N1[C@@H]2CN(C(=O)c3cc(C)nc4onc(C)c34)[C@@H]3CCC[C@H]1[C@]3(C)C2. The summed E-state index contributed by atoms with van der Waals surface area (Å²) in [6.07, 6.45) is 4.06. The van der Waals surface area contributed by atoms with Gasteiger partial charge < -0.3 is 14.3 Å². The minimum Gasteiger partial charge on any atom is -0.336 e. The van der Waals surface area contributed by atoms with E-state index in [1.165, 1.54) is 0 Å². The number of fused-ring (bicyclic) bond motifs is 2. The van der Waals surface area contributed by atoms with Crippen molar-refractivity contribution in [2.24, 2.45) is 5.41 Å². The topological polar surface area (TPSA) is 79.5 Å². The fraction of sp³-hybridized carbons (Fsp3) is 0.619. The van der Waals surface area contributed by atoms with E-state index < -0.39 is 0 Å². The number of rotatable bonds is 1. The predicted octanol–water partition coefficient (Wildman–Crippen LogP) is 2.84. The van der Waals surface area contributed by atoms with Gasteiger partial charge in [-0.05, 0) is 45.6 Å². The Labute approximate surface area is 164 Å². The first kappa shape index (κ1) is 17.6. The van der Waals surface area contributed by atoms with Gasteiger partial charge >= 0.3 is 0 Å². The average Bonchev–Trinajstić information content (AvgIpc) is 3.15. The number of pyridine rings is 1. The van der Waals surface area contributed by atoms with Crippen molar-refractivity contribution in [1.29, 1.82) is 0 Å². The molecule has 0 radical (unpaired) electrons. The molecule has 2 aromatic heterocycles. The summed E-state index contributed by atoms with van der Waals surface area (Å²) in [5.74, 6) is 0.138. The summed E-state index contributed by atoms with van der Waals surface area (Å²) in [6.45, 7) is 8.24. The lowest BCUT2D eigenvalue weighted by molar-refractivity contribution is -0.132. The second kappa shape index (κ2) is 5.78. The quantitative estimate of drug-likeness (QED) is 0.758. The van der Waals surface area contributed by atoms with Crippen LogP contribution in [0, 0.1) is 19.3 Å². The maximum absolute atomic E-state index is 13.8. The normalized spacial score (nSPS) is 31.5. The van der Waals surface area contributed by atoms with Crippen molar-refractivity contribution < 1.29 is 14.1 Å². The average molecular weight is 382 g/mol. The van der Waals surface area contributed by atoms with Crippen molar-refractivity contribution in [3.63, 3.8) is 0 Å². The standard InChI is InChI=1S/C21H26N4O3/c1-11-8-15(18-12(2)23-28-19(18)22-11)20(27)24-10-14-9-21(4)16(24)6-5-7-17(21)25(14)13(3)26/h8,14,16-17H,5-7,9-10H2,1-4H3/t14-,16+,17-,21+/m0/s1. The molecule has 0 aromatic carbocycles. The first-order chi connectivity index (χ1) is 13.3. The van der Waals surface area contributed by atoms with E-state index >= 15 is 0 Å². The van der Waals surface area contributed by atoms with Crippen molar-refractivity contribution in [3.8, 4) is 0 Å². The van der Waals surface area contributed by atoms with Gasteiger partial charge in [0, 0.05) is 36.7 Å². The molecule has 2 saturated heterocycles. The third-order valence-corrected chi connectivity index (χ3v) is 7.27. The van der Waals surface area contributed by atoms with Crippen LogP contribution in [-0.2, 0) is 4.79 Å². The van der Waals surface area contributed by atoms with Crippen LogP contribution in [0.1, 0.15) is 61.3 Å². The highest BCUT2D eigenvalue weighted by Crippen LogP contribution is 2.54. The summed E-state index contributed by atoms with van der Waals surface area (Å²) < 4.78 is 5.33. The van der Waals surface area contributed by atoms with Crippen LogP contribution >= 0.6 is 0 Å². The van der Waals surface area contributed by atoms with Gasteiger partial charge in [-0.3, -0.25) is 9.59 Å². The van der Waals surface area contributed by atoms with E-state index in [-0.39, 0.29) is 35.4 Å². The highest BCUT2D eigenvalue weighted by atomic mass is 16.5. The first-order valence-electron chi connectivity index (χ1n) is 10.1. The molecular formula is C21H26N4O3. The molecule has 28 heavy (non-hydrogen) atoms. The Bertz CT molecular complexity index is 999. The van der Waals surface area contributed by atoms with Crippen LogP contribution in [0.25, 0.3) is 11.1 Å². The molecule has 7 nitrogen and oxygen atoms in total. The van der Waals surface area contributed by atoms with E-state index in [1.807, 2.05) is 24.8 Å². The van der Waals surface area contributed by atoms with Gasteiger partial charge in [0.25, 0.3) is 11.6 Å². The minimum absolute atomic E-state index is 0.00813. The number of likely N-dealkylation sites (tertiary alicyclic amines) is 2. The van der Waals surface area contributed by atoms with E-state index in [9.17, 15) is 9.59 Å². The first-order valence-corrected chi connectivity index (χ1v) is 10.1. The second-order valence-corrected chi connectivity index (χ2v) is 8.97. The third-order valence-electron chi connectivity index (χ3n) is 7.27. The van der Waals surface area contributed by atoms with Crippen molar-refractivity contribution in [3.05, 3.63) is 23.0 Å². The lowest BCUT2D eigenvalue weighted by atomic mass is 9.65. The number of piperidine rings is 1. The van der Waals surface area contributed by atoms with Crippen molar-refractivity contribution >= 4 is 22.9 Å². The molecule has 3 fully saturated rings. The third kappa shape index (κ3) is 2.22. The molecule has 0 spiro atoms. The van der Waals surface area contributed by atoms with Crippen LogP contribution in [0.2, 0.25) is 0 Å². The fourth-order valence-electron chi connectivity index (χ4n) is 6.24. The van der Waals surface area contributed by atoms with E-state index in [4.69, 9.17) is 4.52 Å². The maximum Gasteiger partial charge on any atom is 0.258 e. The van der Waals surface area contributed by atoms with E-state index in [1.54, 1.807) is 6.92 Å². The number of aryl methyl sites for hydroxylation is 2. The Morgan fingerprint density at radius 1 is 1.25 bits per heavy atom. The predicted molar refractivity (Wildman–Crippen MR) is 103 cm³/mol. The molecule has 3 aliphatic rings.